The molecule has 5 rings (SSSR count). The van der Waals surface area contributed by atoms with Gasteiger partial charge in [0.25, 0.3) is 0 Å². The van der Waals surface area contributed by atoms with E-state index in [2.05, 4.69) is 89.7 Å². The second-order valence-corrected chi connectivity index (χ2v) is 9.39. The van der Waals surface area contributed by atoms with Crippen molar-refractivity contribution in [2.45, 2.75) is 25.5 Å². The van der Waals surface area contributed by atoms with Gasteiger partial charge in [-0.25, -0.2) is 4.98 Å². The van der Waals surface area contributed by atoms with Crippen LogP contribution in [-0.2, 0) is 5.54 Å². The second-order valence-electron chi connectivity index (χ2n) is 8.31. The average Bonchev–Trinajstić information content (AvgIpc) is 3.48. The fraction of sp³-hybridized carbons (Fsp3) is 0.138. The fourth-order valence-electron chi connectivity index (χ4n) is 4.79. The molecule has 3 nitrogen and oxygen atoms in total. The zero-order valence-corrected chi connectivity index (χ0v) is 19.5. The summed E-state index contributed by atoms with van der Waals surface area (Å²) in [7, 11) is 0. The van der Waals surface area contributed by atoms with Gasteiger partial charge in [0.05, 0.1) is 12.0 Å². The van der Waals surface area contributed by atoms with Crippen LogP contribution in [0.1, 0.15) is 44.5 Å². The van der Waals surface area contributed by atoms with Crippen LogP contribution in [0.2, 0.25) is 0 Å². The molecular formula is C29H26N2OS. The van der Waals surface area contributed by atoms with Gasteiger partial charge in [0, 0.05) is 16.6 Å². The summed E-state index contributed by atoms with van der Waals surface area (Å²) in [5.74, 6) is 0. The van der Waals surface area contributed by atoms with Gasteiger partial charge in [-0.05, 0) is 41.5 Å². The minimum atomic E-state index is -0.766. The number of aliphatic hydroxyl groups is 1. The van der Waals surface area contributed by atoms with E-state index in [0.717, 1.165) is 32.7 Å². The van der Waals surface area contributed by atoms with Gasteiger partial charge in [-0.3, -0.25) is 0 Å². The Morgan fingerprint density at radius 1 is 0.788 bits per heavy atom. The molecule has 2 aromatic heterocycles. The number of nitrogens with zero attached hydrogens (tertiary/aromatic N) is 2. The Balaban J connectivity index is 1.76. The van der Waals surface area contributed by atoms with E-state index in [0.29, 0.717) is 5.69 Å². The van der Waals surface area contributed by atoms with E-state index in [1.807, 2.05) is 37.6 Å². The minimum Gasteiger partial charge on any atom is -0.382 e. The Kier molecular flexibility index (Phi) is 5.71. The highest BCUT2D eigenvalue weighted by Crippen LogP contribution is 2.41. The summed E-state index contributed by atoms with van der Waals surface area (Å²) in [5.41, 5.74) is 5.45. The van der Waals surface area contributed by atoms with E-state index < -0.39 is 11.6 Å². The number of hydrogen-bond donors (Lipinski definition) is 1. The van der Waals surface area contributed by atoms with E-state index in [9.17, 15) is 5.11 Å². The number of aromatic nitrogens is 2. The van der Waals surface area contributed by atoms with Gasteiger partial charge >= 0.3 is 0 Å². The van der Waals surface area contributed by atoms with Gasteiger partial charge in [-0.15, -0.1) is 11.3 Å². The summed E-state index contributed by atoms with van der Waals surface area (Å²) < 4.78 is 2.14. The number of rotatable bonds is 6. The normalized spacial score (nSPS) is 12.6. The lowest BCUT2D eigenvalue weighted by Crippen LogP contribution is -2.37. The molecule has 0 radical (unpaired) electrons. The van der Waals surface area contributed by atoms with Crippen LogP contribution < -0.4 is 0 Å². The number of benzene rings is 3. The highest BCUT2D eigenvalue weighted by atomic mass is 32.1. The maximum atomic E-state index is 11.3. The van der Waals surface area contributed by atoms with Crippen LogP contribution in [0.15, 0.2) is 109 Å². The van der Waals surface area contributed by atoms with E-state index in [-0.39, 0.29) is 0 Å². The molecule has 0 fully saturated rings. The zero-order valence-electron chi connectivity index (χ0n) is 18.7. The number of thiophene rings is 1. The fourth-order valence-corrected chi connectivity index (χ4v) is 5.67. The predicted molar refractivity (Wildman–Crippen MR) is 135 cm³/mol. The lowest BCUT2D eigenvalue weighted by molar-refractivity contribution is 0.214. The van der Waals surface area contributed by atoms with Crippen molar-refractivity contribution in [3.05, 3.63) is 147 Å². The molecule has 3 aromatic carbocycles. The first-order valence-electron chi connectivity index (χ1n) is 11.1. The molecular weight excluding hydrogens is 424 g/mol. The van der Waals surface area contributed by atoms with E-state index in [4.69, 9.17) is 4.98 Å². The summed E-state index contributed by atoms with van der Waals surface area (Å²) in [4.78, 5) is 5.83. The molecule has 5 aromatic rings. The first kappa shape index (κ1) is 21.4. The van der Waals surface area contributed by atoms with Crippen LogP contribution in [0, 0.1) is 13.8 Å². The van der Waals surface area contributed by atoms with Crippen molar-refractivity contribution >= 4 is 11.3 Å². The van der Waals surface area contributed by atoms with Crippen LogP contribution in [-0.4, -0.2) is 14.7 Å². The van der Waals surface area contributed by atoms with E-state index >= 15 is 0 Å². The average molecular weight is 451 g/mol. The van der Waals surface area contributed by atoms with E-state index in [1.54, 1.807) is 11.3 Å². The van der Waals surface area contributed by atoms with Crippen LogP contribution in [0.25, 0.3) is 0 Å². The molecule has 0 aliphatic rings. The van der Waals surface area contributed by atoms with Gasteiger partial charge in [-0.2, -0.15) is 0 Å². The summed E-state index contributed by atoms with van der Waals surface area (Å²) in [6.07, 6.45) is 3.08. The Morgan fingerprint density at radius 3 is 1.70 bits per heavy atom. The van der Waals surface area contributed by atoms with Crippen molar-refractivity contribution in [3.63, 3.8) is 0 Å². The maximum Gasteiger partial charge on any atom is 0.124 e. The smallest absolute Gasteiger partial charge is 0.124 e. The number of aryl methyl sites for hydroxylation is 2. The number of imidazole rings is 1. The van der Waals surface area contributed by atoms with Gasteiger partial charge in [0.1, 0.15) is 11.6 Å². The highest BCUT2D eigenvalue weighted by Gasteiger charge is 2.38. The van der Waals surface area contributed by atoms with Gasteiger partial charge in [0.15, 0.2) is 0 Å². The molecule has 1 atom stereocenters. The second kappa shape index (κ2) is 8.81. The standard InChI is InChI=1S/C29H26N2OS/c1-21-19-33-22(2)27(21)28(32)26-18-31(20-30-26)29(23-12-6-3-7-13-23,24-14-8-4-9-15-24)25-16-10-5-11-17-25/h3-20,28,32H,1-2H3. The molecule has 0 saturated carbocycles. The topological polar surface area (TPSA) is 38.0 Å². The molecule has 1 N–H and O–H groups in total. The monoisotopic (exact) mass is 450 g/mol. The number of hydrogen-bond acceptors (Lipinski definition) is 3. The van der Waals surface area contributed by atoms with Crippen molar-refractivity contribution in [3.8, 4) is 0 Å². The lowest BCUT2D eigenvalue weighted by Gasteiger charge is -2.37. The molecule has 0 saturated heterocycles. The predicted octanol–water partition coefficient (Wildman–Crippen LogP) is 6.48. The third-order valence-electron chi connectivity index (χ3n) is 6.33. The summed E-state index contributed by atoms with van der Waals surface area (Å²) in [6, 6.07) is 31.5. The molecule has 2 heterocycles. The molecule has 0 aliphatic carbocycles. The Labute approximate surface area is 198 Å². The molecule has 164 valence electrons. The molecule has 0 amide bonds. The molecule has 4 heteroatoms. The third kappa shape index (κ3) is 3.62. The minimum absolute atomic E-state index is 0.631. The van der Waals surface area contributed by atoms with Gasteiger partial charge < -0.3 is 9.67 Å². The Bertz CT molecular complexity index is 1220. The quantitative estimate of drug-likeness (QED) is 0.301. The third-order valence-corrected chi connectivity index (χ3v) is 7.38. The van der Waals surface area contributed by atoms with Crippen molar-refractivity contribution in [2.75, 3.05) is 0 Å². The summed E-state index contributed by atoms with van der Waals surface area (Å²) in [5, 5.41) is 13.4. The molecule has 0 aliphatic heterocycles. The van der Waals surface area contributed by atoms with Crippen molar-refractivity contribution in [1.82, 2.24) is 9.55 Å². The SMILES string of the molecule is Cc1csc(C)c1C(O)c1cn(C(c2ccccc2)(c2ccccc2)c2ccccc2)cn1. The van der Waals surface area contributed by atoms with Crippen LogP contribution in [0.4, 0.5) is 0 Å². The first-order chi connectivity index (χ1) is 16.1. The van der Waals surface area contributed by atoms with Crippen LogP contribution >= 0.6 is 11.3 Å². The van der Waals surface area contributed by atoms with E-state index in [1.165, 1.54) is 0 Å². The lowest BCUT2D eigenvalue weighted by atomic mass is 9.77. The summed E-state index contributed by atoms with van der Waals surface area (Å²) in [6.45, 7) is 4.09. The first-order valence-corrected chi connectivity index (χ1v) is 11.9. The zero-order chi connectivity index (χ0) is 22.8. The van der Waals surface area contributed by atoms with Gasteiger partial charge in [-0.1, -0.05) is 91.0 Å². The number of aliphatic hydroxyl groups excluding tert-OH is 1. The summed E-state index contributed by atoms with van der Waals surface area (Å²) >= 11 is 1.66. The Morgan fingerprint density at radius 2 is 1.27 bits per heavy atom. The van der Waals surface area contributed by atoms with Crippen molar-refractivity contribution in [2.24, 2.45) is 0 Å². The maximum absolute atomic E-state index is 11.3. The molecule has 1 unspecified atom stereocenters. The van der Waals surface area contributed by atoms with Crippen molar-refractivity contribution in [1.29, 1.82) is 0 Å². The van der Waals surface area contributed by atoms with Crippen LogP contribution in [0.5, 0.6) is 0 Å². The van der Waals surface area contributed by atoms with Crippen molar-refractivity contribution < 1.29 is 5.11 Å². The molecule has 0 bridgehead atoms. The molecule has 0 spiro atoms. The largest absolute Gasteiger partial charge is 0.382 e. The van der Waals surface area contributed by atoms with Crippen LogP contribution in [0.3, 0.4) is 0 Å². The Hall–Kier alpha value is -3.47. The molecule has 33 heavy (non-hydrogen) atoms. The highest BCUT2D eigenvalue weighted by molar-refractivity contribution is 7.10. The van der Waals surface area contributed by atoms with Gasteiger partial charge in [0.2, 0.25) is 0 Å².